The van der Waals surface area contributed by atoms with Gasteiger partial charge in [-0.1, -0.05) is 18.2 Å². The number of piperazine rings is 1. The molecule has 9 nitrogen and oxygen atoms in total. The summed E-state index contributed by atoms with van der Waals surface area (Å²) in [7, 11) is 1.78. The Kier molecular flexibility index (Phi) is 9.67. The quantitative estimate of drug-likeness (QED) is 0.205. The third kappa shape index (κ3) is 7.00. The predicted molar refractivity (Wildman–Crippen MR) is 143 cm³/mol. The van der Waals surface area contributed by atoms with Crippen molar-refractivity contribution in [3.63, 3.8) is 0 Å². The maximum absolute atomic E-state index is 12.0. The molecule has 1 atom stereocenters. The number of amides is 1. The molecule has 1 amide bonds. The van der Waals surface area contributed by atoms with Gasteiger partial charge in [-0.15, -0.1) is 24.0 Å². The van der Waals surface area contributed by atoms with Gasteiger partial charge in [0.1, 0.15) is 0 Å². The van der Waals surface area contributed by atoms with E-state index >= 15 is 0 Å². The lowest BCUT2D eigenvalue weighted by atomic mass is 9.90. The Morgan fingerprint density at radius 3 is 2.64 bits per heavy atom. The summed E-state index contributed by atoms with van der Waals surface area (Å²) in [5.41, 5.74) is 2.09. The highest BCUT2D eigenvalue weighted by atomic mass is 127. The molecule has 178 valence electrons. The first kappa shape index (κ1) is 25.2. The summed E-state index contributed by atoms with van der Waals surface area (Å²) in [6.07, 6.45) is 5.12. The highest BCUT2D eigenvalue weighted by Gasteiger charge is 2.24. The minimum Gasteiger partial charge on any atom is -0.356 e. The standard InChI is InChI=1S/C23H32N8O.HI/c1-24-22(28-17-18-16-21(32)29-20-7-3-2-6-19(18)20)25-10-5-11-30-12-14-31(15-13-30)23-26-8-4-9-27-23;/h2-4,6-9,18H,5,10-17H2,1H3,(H,29,32)(H2,24,25,28);1H. The number of hydrogen-bond acceptors (Lipinski definition) is 6. The number of hydrogen-bond donors (Lipinski definition) is 3. The van der Waals surface area contributed by atoms with Crippen LogP contribution in [0.25, 0.3) is 0 Å². The molecule has 2 aliphatic rings. The SMILES string of the molecule is CN=C(NCCCN1CCN(c2ncccn2)CC1)NCC1CC(=O)Nc2ccccc21.I. The number of guanidine groups is 1. The number of para-hydroxylation sites is 1. The molecule has 0 spiro atoms. The average Bonchev–Trinajstić information content (AvgIpc) is 2.84. The number of aromatic nitrogens is 2. The van der Waals surface area contributed by atoms with Crippen molar-refractivity contribution in [3.8, 4) is 0 Å². The van der Waals surface area contributed by atoms with Crippen LogP contribution in [0.1, 0.15) is 24.3 Å². The lowest BCUT2D eigenvalue weighted by molar-refractivity contribution is -0.116. The van der Waals surface area contributed by atoms with Crippen LogP contribution in [0.15, 0.2) is 47.7 Å². The number of carbonyl (C=O) groups is 1. The molecule has 2 aromatic rings. The van der Waals surface area contributed by atoms with Crippen molar-refractivity contribution >= 4 is 47.5 Å². The van der Waals surface area contributed by atoms with Gasteiger partial charge in [0, 0.05) is 76.7 Å². The number of halogens is 1. The highest BCUT2D eigenvalue weighted by Crippen LogP contribution is 2.31. The van der Waals surface area contributed by atoms with Gasteiger partial charge in [-0.2, -0.15) is 0 Å². The summed E-state index contributed by atoms with van der Waals surface area (Å²) in [5.74, 6) is 1.81. The van der Waals surface area contributed by atoms with Gasteiger partial charge < -0.3 is 20.9 Å². The van der Waals surface area contributed by atoms with Crippen LogP contribution in [-0.4, -0.2) is 79.6 Å². The molecular weight excluding hydrogens is 531 g/mol. The number of aliphatic imine (C=N–C) groups is 1. The molecule has 0 saturated carbocycles. The molecule has 1 unspecified atom stereocenters. The van der Waals surface area contributed by atoms with Gasteiger partial charge in [0.15, 0.2) is 5.96 Å². The Labute approximate surface area is 212 Å². The molecule has 10 heteroatoms. The first-order valence-corrected chi connectivity index (χ1v) is 11.3. The van der Waals surface area contributed by atoms with Crippen LogP contribution in [0.3, 0.4) is 0 Å². The zero-order chi connectivity index (χ0) is 22.2. The molecule has 2 aliphatic heterocycles. The van der Waals surface area contributed by atoms with E-state index in [1.165, 1.54) is 5.56 Å². The maximum atomic E-state index is 12.0. The van der Waals surface area contributed by atoms with Crippen molar-refractivity contribution in [2.75, 3.05) is 63.1 Å². The molecule has 1 saturated heterocycles. The van der Waals surface area contributed by atoms with Crippen LogP contribution in [0.4, 0.5) is 11.6 Å². The van der Waals surface area contributed by atoms with Crippen molar-refractivity contribution in [2.24, 2.45) is 4.99 Å². The van der Waals surface area contributed by atoms with Gasteiger partial charge in [0.2, 0.25) is 11.9 Å². The van der Waals surface area contributed by atoms with E-state index in [1.54, 1.807) is 19.4 Å². The van der Waals surface area contributed by atoms with Crippen LogP contribution in [0, 0.1) is 0 Å². The molecule has 0 radical (unpaired) electrons. The number of fused-ring (bicyclic) bond motifs is 1. The van der Waals surface area contributed by atoms with Gasteiger partial charge in [0.25, 0.3) is 0 Å². The molecular formula is C23H33IN8O. The minimum absolute atomic E-state index is 0. The van der Waals surface area contributed by atoms with Crippen LogP contribution < -0.4 is 20.9 Å². The number of anilines is 2. The fraction of sp³-hybridized carbons (Fsp3) is 0.478. The first-order valence-electron chi connectivity index (χ1n) is 11.3. The molecule has 3 N–H and O–H groups in total. The van der Waals surface area contributed by atoms with E-state index in [2.05, 4.69) is 46.8 Å². The fourth-order valence-electron chi connectivity index (χ4n) is 4.26. The van der Waals surface area contributed by atoms with Crippen LogP contribution in [-0.2, 0) is 4.79 Å². The molecule has 3 heterocycles. The summed E-state index contributed by atoms with van der Waals surface area (Å²) >= 11 is 0. The Morgan fingerprint density at radius 1 is 1.12 bits per heavy atom. The van der Waals surface area contributed by atoms with E-state index in [0.29, 0.717) is 13.0 Å². The van der Waals surface area contributed by atoms with Crippen LogP contribution in [0.5, 0.6) is 0 Å². The average molecular weight is 564 g/mol. The molecule has 0 aliphatic carbocycles. The Balaban J connectivity index is 0.00000306. The Bertz CT molecular complexity index is 918. The largest absolute Gasteiger partial charge is 0.356 e. The third-order valence-corrected chi connectivity index (χ3v) is 6.00. The summed E-state index contributed by atoms with van der Waals surface area (Å²) in [6.45, 7) is 6.53. The zero-order valence-corrected chi connectivity index (χ0v) is 21.4. The second-order valence-electron chi connectivity index (χ2n) is 8.15. The van der Waals surface area contributed by atoms with E-state index in [4.69, 9.17) is 0 Å². The summed E-state index contributed by atoms with van der Waals surface area (Å²) in [5, 5.41) is 9.74. The fourth-order valence-corrected chi connectivity index (χ4v) is 4.26. The number of benzene rings is 1. The third-order valence-electron chi connectivity index (χ3n) is 6.00. The van der Waals surface area contributed by atoms with Crippen molar-refractivity contribution in [2.45, 2.75) is 18.8 Å². The molecule has 33 heavy (non-hydrogen) atoms. The highest BCUT2D eigenvalue weighted by molar-refractivity contribution is 14.0. The predicted octanol–water partition coefficient (Wildman–Crippen LogP) is 1.90. The second kappa shape index (κ2) is 12.7. The van der Waals surface area contributed by atoms with E-state index in [0.717, 1.165) is 63.3 Å². The maximum Gasteiger partial charge on any atom is 0.225 e. The molecule has 4 rings (SSSR count). The van der Waals surface area contributed by atoms with Gasteiger partial charge >= 0.3 is 0 Å². The molecule has 1 aromatic carbocycles. The lowest BCUT2D eigenvalue weighted by Gasteiger charge is -2.34. The van der Waals surface area contributed by atoms with Crippen LogP contribution in [0.2, 0.25) is 0 Å². The van der Waals surface area contributed by atoms with E-state index in [9.17, 15) is 4.79 Å². The number of nitrogens with zero attached hydrogens (tertiary/aromatic N) is 5. The minimum atomic E-state index is 0. The molecule has 1 aromatic heterocycles. The van der Waals surface area contributed by atoms with E-state index in [1.807, 2.05) is 24.3 Å². The summed E-state index contributed by atoms with van der Waals surface area (Å²) < 4.78 is 0. The Morgan fingerprint density at radius 2 is 1.88 bits per heavy atom. The van der Waals surface area contributed by atoms with Gasteiger partial charge in [-0.25, -0.2) is 9.97 Å². The van der Waals surface area contributed by atoms with Crippen molar-refractivity contribution in [1.82, 2.24) is 25.5 Å². The monoisotopic (exact) mass is 564 g/mol. The summed E-state index contributed by atoms with van der Waals surface area (Å²) in [4.78, 5) is 29.8. The smallest absolute Gasteiger partial charge is 0.225 e. The van der Waals surface area contributed by atoms with Gasteiger partial charge in [-0.3, -0.25) is 14.7 Å². The lowest BCUT2D eigenvalue weighted by Crippen LogP contribution is -2.47. The number of carbonyl (C=O) groups excluding carboxylic acids is 1. The second-order valence-corrected chi connectivity index (χ2v) is 8.15. The Hall–Kier alpha value is -2.47. The van der Waals surface area contributed by atoms with Crippen molar-refractivity contribution < 1.29 is 4.79 Å². The van der Waals surface area contributed by atoms with E-state index in [-0.39, 0.29) is 35.8 Å². The van der Waals surface area contributed by atoms with Gasteiger partial charge in [0.05, 0.1) is 0 Å². The normalized spacial score (nSPS) is 18.7. The zero-order valence-electron chi connectivity index (χ0n) is 19.0. The van der Waals surface area contributed by atoms with Crippen LogP contribution >= 0.6 is 24.0 Å². The molecule has 1 fully saturated rings. The summed E-state index contributed by atoms with van der Waals surface area (Å²) in [6, 6.07) is 9.86. The van der Waals surface area contributed by atoms with Gasteiger partial charge in [-0.05, 0) is 30.7 Å². The number of nitrogens with one attached hydrogen (secondary N) is 3. The van der Waals surface area contributed by atoms with Crippen molar-refractivity contribution in [1.29, 1.82) is 0 Å². The topological polar surface area (TPSA) is 97.8 Å². The first-order chi connectivity index (χ1) is 15.7. The molecule has 0 bridgehead atoms. The van der Waals surface area contributed by atoms with E-state index < -0.39 is 0 Å². The van der Waals surface area contributed by atoms with Crippen molar-refractivity contribution in [3.05, 3.63) is 48.3 Å². The number of rotatable bonds is 7.